The number of likely N-dealkylation sites (N-methyl/N-ethyl adjacent to an activating group) is 1. The molecule has 0 radical (unpaired) electrons. The molecule has 0 spiro atoms. The van der Waals surface area contributed by atoms with E-state index >= 15 is 0 Å². The van der Waals surface area contributed by atoms with Crippen LogP contribution in [0.2, 0.25) is 0 Å². The summed E-state index contributed by atoms with van der Waals surface area (Å²) < 4.78 is 0. The number of likely N-dealkylation sites (tertiary alicyclic amines) is 1. The van der Waals surface area contributed by atoms with Crippen LogP contribution in [0.5, 0.6) is 0 Å². The average Bonchev–Trinajstić information content (AvgIpc) is 3.17. The van der Waals surface area contributed by atoms with Gasteiger partial charge in [0.1, 0.15) is 6.54 Å². The number of aliphatic imine (C=N–C) groups is 1. The van der Waals surface area contributed by atoms with E-state index in [4.69, 9.17) is 0 Å². The van der Waals surface area contributed by atoms with Crippen LogP contribution in [0.3, 0.4) is 0 Å². The molecule has 0 atom stereocenters. The highest BCUT2D eigenvalue weighted by molar-refractivity contribution is 14.0. The van der Waals surface area contributed by atoms with Crippen molar-refractivity contribution in [2.45, 2.75) is 45.1 Å². The third-order valence-corrected chi connectivity index (χ3v) is 5.95. The van der Waals surface area contributed by atoms with E-state index in [9.17, 15) is 4.79 Å². The minimum Gasteiger partial charge on any atom is -0.356 e. The van der Waals surface area contributed by atoms with E-state index in [2.05, 4.69) is 51.9 Å². The van der Waals surface area contributed by atoms with Gasteiger partial charge in [0.05, 0.1) is 0 Å². The second kappa shape index (κ2) is 12.6. The van der Waals surface area contributed by atoms with Crippen LogP contribution in [0.4, 0.5) is 0 Å². The molecule has 1 amide bonds. The minimum atomic E-state index is 0. The fourth-order valence-corrected chi connectivity index (χ4v) is 3.84. The van der Waals surface area contributed by atoms with E-state index < -0.39 is 0 Å². The first-order valence-electron chi connectivity index (χ1n) is 9.88. The van der Waals surface area contributed by atoms with E-state index in [1.165, 1.54) is 24.1 Å². The number of carbonyl (C=O) groups excluding carboxylic acids is 1. The van der Waals surface area contributed by atoms with Crippen LogP contribution in [0.15, 0.2) is 22.5 Å². The summed E-state index contributed by atoms with van der Waals surface area (Å²) in [6, 6.07) is 4.22. The molecule has 0 aromatic carbocycles. The van der Waals surface area contributed by atoms with Crippen LogP contribution in [-0.4, -0.2) is 74.0 Å². The fourth-order valence-electron chi connectivity index (χ4n) is 3.13. The number of rotatable bonds is 8. The van der Waals surface area contributed by atoms with Crippen molar-refractivity contribution in [3.8, 4) is 0 Å². The molecule has 0 bridgehead atoms. The molecular formula is C20H36IN5OS. The summed E-state index contributed by atoms with van der Waals surface area (Å²) in [7, 11) is 3.52. The van der Waals surface area contributed by atoms with E-state index in [0.29, 0.717) is 5.96 Å². The number of nitrogens with zero attached hydrogens (tertiary/aromatic N) is 3. The van der Waals surface area contributed by atoms with Gasteiger partial charge in [0.15, 0.2) is 5.96 Å². The smallest absolute Gasteiger partial charge is 0.243 e. The molecule has 1 aliphatic heterocycles. The maximum absolute atomic E-state index is 11.9. The molecule has 1 aromatic rings. The molecule has 6 nitrogen and oxygen atoms in total. The fraction of sp³-hybridized carbons (Fsp3) is 0.700. The highest BCUT2D eigenvalue weighted by Gasteiger charge is 2.27. The van der Waals surface area contributed by atoms with Crippen LogP contribution in [0.25, 0.3) is 0 Å². The van der Waals surface area contributed by atoms with Gasteiger partial charge >= 0.3 is 0 Å². The number of thiophene rings is 1. The summed E-state index contributed by atoms with van der Waals surface area (Å²) in [5.41, 5.74) is 0.0577. The van der Waals surface area contributed by atoms with Crippen molar-refractivity contribution in [3.63, 3.8) is 0 Å². The normalized spacial score (nSPS) is 15.6. The van der Waals surface area contributed by atoms with Crippen LogP contribution in [0, 0.1) is 0 Å². The number of nitrogens with one attached hydrogen (secondary N) is 2. The first kappa shape index (κ1) is 25.2. The highest BCUT2D eigenvalue weighted by Crippen LogP contribution is 2.19. The maximum atomic E-state index is 11.9. The van der Waals surface area contributed by atoms with Crippen molar-refractivity contribution in [1.29, 1.82) is 0 Å². The van der Waals surface area contributed by atoms with Gasteiger partial charge in [-0.3, -0.25) is 9.69 Å². The number of guanidine groups is 1. The van der Waals surface area contributed by atoms with Gasteiger partial charge in [-0.05, 0) is 57.6 Å². The van der Waals surface area contributed by atoms with Gasteiger partial charge in [0.2, 0.25) is 5.91 Å². The van der Waals surface area contributed by atoms with Gasteiger partial charge in [-0.2, -0.15) is 0 Å². The molecule has 2 heterocycles. The molecule has 0 aliphatic carbocycles. The Morgan fingerprint density at radius 2 is 1.96 bits per heavy atom. The van der Waals surface area contributed by atoms with Gasteiger partial charge < -0.3 is 15.5 Å². The van der Waals surface area contributed by atoms with E-state index in [0.717, 1.165) is 32.6 Å². The Balaban J connectivity index is 0.00000392. The summed E-state index contributed by atoms with van der Waals surface area (Å²) in [5, 5.41) is 8.94. The highest BCUT2D eigenvalue weighted by atomic mass is 127. The van der Waals surface area contributed by atoms with Crippen molar-refractivity contribution in [2.75, 3.05) is 46.8 Å². The molecule has 160 valence electrons. The third-order valence-electron chi connectivity index (χ3n) is 5.02. The standard InChI is InChI=1S/C20H35N5OS.HI/c1-20(2,25-12-6-5-7-13-25)16-23-19(22-15-18(26)24(3)4)21-11-10-17-9-8-14-27-17;/h8-9,14H,5-7,10-13,15-16H2,1-4H3,(H2,21,22,23);1H. The summed E-state index contributed by atoms with van der Waals surface area (Å²) in [4.78, 5) is 21.9. The SMILES string of the molecule is CN(C)C(=O)CN=C(NCCc1cccs1)NCC(C)(C)N1CCCCC1.I. The quantitative estimate of drug-likeness (QED) is 0.314. The van der Waals surface area contributed by atoms with Crippen molar-refractivity contribution in [3.05, 3.63) is 22.4 Å². The average molecular weight is 522 g/mol. The van der Waals surface area contributed by atoms with Gasteiger partial charge in [0.25, 0.3) is 0 Å². The number of amides is 1. The third kappa shape index (κ3) is 8.65. The number of hydrogen-bond acceptors (Lipinski definition) is 4. The molecule has 1 fully saturated rings. The Kier molecular flexibility index (Phi) is 11.4. The molecule has 1 aromatic heterocycles. The molecule has 0 saturated carbocycles. The lowest BCUT2D eigenvalue weighted by molar-refractivity contribution is -0.127. The van der Waals surface area contributed by atoms with E-state index in [-0.39, 0.29) is 42.0 Å². The Bertz CT molecular complexity index is 598. The predicted octanol–water partition coefficient (Wildman–Crippen LogP) is 2.80. The van der Waals surface area contributed by atoms with E-state index in [1.54, 1.807) is 30.3 Å². The van der Waals surface area contributed by atoms with Gasteiger partial charge in [0, 0.05) is 37.6 Å². The number of halogens is 1. The first-order valence-corrected chi connectivity index (χ1v) is 10.8. The summed E-state index contributed by atoms with van der Waals surface area (Å²) in [5.74, 6) is 0.719. The zero-order valence-corrected chi connectivity index (χ0v) is 20.8. The summed E-state index contributed by atoms with van der Waals surface area (Å²) in [6.45, 7) is 8.63. The number of hydrogen-bond donors (Lipinski definition) is 2. The molecule has 8 heteroatoms. The van der Waals surface area contributed by atoms with Crippen LogP contribution >= 0.6 is 35.3 Å². The zero-order chi connectivity index (χ0) is 19.7. The molecule has 1 aliphatic rings. The second-order valence-electron chi connectivity index (χ2n) is 7.92. The van der Waals surface area contributed by atoms with E-state index in [1.807, 2.05) is 0 Å². The molecule has 2 rings (SSSR count). The Morgan fingerprint density at radius 3 is 2.57 bits per heavy atom. The molecule has 0 unspecified atom stereocenters. The monoisotopic (exact) mass is 521 g/mol. The van der Waals surface area contributed by atoms with Crippen molar-refractivity contribution < 1.29 is 4.79 Å². The predicted molar refractivity (Wildman–Crippen MR) is 130 cm³/mol. The topological polar surface area (TPSA) is 60.0 Å². The molecular weight excluding hydrogens is 485 g/mol. The zero-order valence-electron chi connectivity index (χ0n) is 17.7. The Morgan fingerprint density at radius 1 is 1.25 bits per heavy atom. The maximum Gasteiger partial charge on any atom is 0.243 e. The summed E-state index contributed by atoms with van der Waals surface area (Å²) in [6.07, 6.45) is 4.85. The Hall–Kier alpha value is -0.870. The second-order valence-corrected chi connectivity index (χ2v) is 8.96. The minimum absolute atomic E-state index is 0. The molecule has 1 saturated heterocycles. The van der Waals surface area contributed by atoms with Crippen LogP contribution in [-0.2, 0) is 11.2 Å². The van der Waals surface area contributed by atoms with Gasteiger partial charge in [-0.1, -0.05) is 12.5 Å². The number of carbonyl (C=O) groups is 1. The largest absolute Gasteiger partial charge is 0.356 e. The lowest BCUT2D eigenvalue weighted by atomic mass is 9.98. The Labute approximate surface area is 191 Å². The van der Waals surface area contributed by atoms with Crippen LogP contribution < -0.4 is 10.6 Å². The van der Waals surface area contributed by atoms with Crippen LogP contribution in [0.1, 0.15) is 38.0 Å². The van der Waals surface area contributed by atoms with Gasteiger partial charge in [-0.15, -0.1) is 35.3 Å². The van der Waals surface area contributed by atoms with Crippen molar-refractivity contribution in [1.82, 2.24) is 20.4 Å². The molecule has 28 heavy (non-hydrogen) atoms. The molecule has 2 N–H and O–H groups in total. The summed E-state index contributed by atoms with van der Waals surface area (Å²) >= 11 is 1.77. The van der Waals surface area contributed by atoms with Gasteiger partial charge in [-0.25, -0.2) is 4.99 Å². The van der Waals surface area contributed by atoms with Crippen molar-refractivity contribution in [2.24, 2.45) is 4.99 Å². The number of piperidine rings is 1. The lowest BCUT2D eigenvalue weighted by Gasteiger charge is -2.41. The first-order chi connectivity index (χ1) is 12.9. The lowest BCUT2D eigenvalue weighted by Crippen LogP contribution is -2.55. The van der Waals surface area contributed by atoms with Crippen molar-refractivity contribution >= 4 is 47.2 Å².